The van der Waals surface area contributed by atoms with Crippen LogP contribution >= 0.6 is 11.6 Å². The maximum absolute atomic E-state index is 10.9. The van der Waals surface area contributed by atoms with Gasteiger partial charge in [-0.1, -0.05) is 11.6 Å². The van der Waals surface area contributed by atoms with E-state index >= 15 is 0 Å². The predicted octanol–water partition coefficient (Wildman–Crippen LogP) is 3.25. The number of carbonyl (C=O) groups excluding carboxylic acids is 1. The molecule has 0 unspecified atom stereocenters. The van der Waals surface area contributed by atoms with Gasteiger partial charge in [0.15, 0.2) is 0 Å². The molecule has 1 aromatic heterocycles. The molecule has 1 aromatic carbocycles. The zero-order valence-corrected chi connectivity index (χ0v) is 10.2. The Morgan fingerprint density at radius 3 is 2.74 bits per heavy atom. The summed E-state index contributed by atoms with van der Waals surface area (Å²) in [5.41, 5.74) is -0.104. The number of hydrogen-bond donors (Lipinski definition) is 0. The van der Waals surface area contributed by atoms with E-state index in [1.807, 2.05) is 0 Å². The summed E-state index contributed by atoms with van der Waals surface area (Å²) in [6.45, 7) is 0. The molecule has 0 saturated carbocycles. The lowest BCUT2D eigenvalue weighted by Gasteiger charge is -2.06. The number of hydrogen-bond acceptors (Lipinski definition) is 5. The molecule has 0 aliphatic carbocycles. The van der Waals surface area contributed by atoms with Crippen LogP contribution in [0.15, 0.2) is 36.7 Å². The van der Waals surface area contributed by atoms with Gasteiger partial charge in [-0.15, -0.1) is 0 Å². The lowest BCUT2D eigenvalue weighted by Crippen LogP contribution is -1.95. The Balaban J connectivity index is 2.39. The first-order chi connectivity index (χ1) is 9.10. The molecule has 0 bridgehead atoms. The molecule has 0 fully saturated rings. The molecule has 0 saturated heterocycles. The lowest BCUT2D eigenvalue weighted by molar-refractivity contribution is -0.385. The summed E-state index contributed by atoms with van der Waals surface area (Å²) in [5.74, 6) is 0.286. The Morgan fingerprint density at radius 1 is 1.32 bits per heavy atom. The van der Waals surface area contributed by atoms with Crippen molar-refractivity contribution in [2.75, 3.05) is 0 Å². The Bertz CT molecular complexity index is 645. The van der Waals surface area contributed by atoms with Crippen molar-refractivity contribution in [2.45, 2.75) is 0 Å². The summed E-state index contributed by atoms with van der Waals surface area (Å²) in [4.78, 5) is 24.7. The fourth-order valence-electron chi connectivity index (χ4n) is 1.41. The van der Waals surface area contributed by atoms with E-state index < -0.39 is 4.92 Å². The summed E-state index contributed by atoms with van der Waals surface area (Å²) in [6.07, 6.45) is 3.32. The topological polar surface area (TPSA) is 82.3 Å². The second kappa shape index (κ2) is 5.45. The van der Waals surface area contributed by atoms with Crippen LogP contribution in [0.3, 0.4) is 0 Å². The third-order valence-corrected chi connectivity index (χ3v) is 2.43. The van der Waals surface area contributed by atoms with Gasteiger partial charge in [-0.05, 0) is 12.1 Å². The molecular weight excluding hydrogens is 272 g/mol. The molecule has 1 heterocycles. The van der Waals surface area contributed by atoms with E-state index in [1.54, 1.807) is 0 Å². The van der Waals surface area contributed by atoms with Gasteiger partial charge in [0.1, 0.15) is 12.0 Å². The van der Waals surface area contributed by atoms with Crippen molar-refractivity contribution in [3.63, 3.8) is 0 Å². The molecule has 2 aromatic rings. The Kier molecular flexibility index (Phi) is 3.72. The quantitative estimate of drug-likeness (QED) is 0.487. The maximum atomic E-state index is 10.9. The van der Waals surface area contributed by atoms with Gasteiger partial charge in [0.2, 0.25) is 5.75 Å². The van der Waals surface area contributed by atoms with Gasteiger partial charge in [0.05, 0.1) is 16.1 Å². The van der Waals surface area contributed by atoms with Crippen LogP contribution in [0.25, 0.3) is 0 Å². The van der Waals surface area contributed by atoms with E-state index in [0.717, 1.165) is 6.07 Å². The highest BCUT2D eigenvalue weighted by molar-refractivity contribution is 6.30. The van der Waals surface area contributed by atoms with Gasteiger partial charge in [-0.25, -0.2) is 0 Å². The van der Waals surface area contributed by atoms with E-state index in [4.69, 9.17) is 16.3 Å². The summed E-state index contributed by atoms with van der Waals surface area (Å²) in [6, 6.07) is 5.39. The molecule has 0 amide bonds. The van der Waals surface area contributed by atoms with E-state index in [-0.39, 0.29) is 22.7 Å². The molecule has 7 heteroatoms. The molecule has 0 aliphatic heterocycles. The number of benzene rings is 1. The molecule has 0 atom stereocenters. The number of nitro groups is 1. The molecule has 6 nitrogen and oxygen atoms in total. The molecule has 0 aliphatic rings. The Morgan fingerprint density at radius 2 is 2.11 bits per heavy atom. The minimum absolute atomic E-state index is 0.0136. The van der Waals surface area contributed by atoms with Gasteiger partial charge in [-0.3, -0.25) is 19.9 Å². The van der Waals surface area contributed by atoms with Crippen LogP contribution in [0.4, 0.5) is 5.69 Å². The van der Waals surface area contributed by atoms with Gasteiger partial charge < -0.3 is 4.74 Å². The van der Waals surface area contributed by atoms with Crippen molar-refractivity contribution in [1.29, 1.82) is 0 Å². The summed E-state index contributed by atoms with van der Waals surface area (Å²) in [5, 5.41) is 11.3. The van der Waals surface area contributed by atoms with Crippen LogP contribution in [-0.4, -0.2) is 16.2 Å². The lowest BCUT2D eigenvalue weighted by atomic mass is 10.2. The first kappa shape index (κ1) is 13.0. The number of rotatable bonds is 4. The van der Waals surface area contributed by atoms with Crippen molar-refractivity contribution in [3.8, 4) is 11.5 Å². The normalized spacial score (nSPS) is 9.95. The standard InChI is InChI=1S/C12H7ClN2O4/c13-9-4-10(6-14-5-9)19-12-2-1-8(7-16)3-11(12)15(17)18/h1-7H. The summed E-state index contributed by atoms with van der Waals surface area (Å²) in [7, 11) is 0. The summed E-state index contributed by atoms with van der Waals surface area (Å²) < 4.78 is 5.35. The highest BCUT2D eigenvalue weighted by Gasteiger charge is 2.16. The number of ether oxygens (including phenoxy) is 1. The van der Waals surface area contributed by atoms with Crippen molar-refractivity contribution >= 4 is 23.6 Å². The number of aromatic nitrogens is 1. The van der Waals surface area contributed by atoms with E-state index in [9.17, 15) is 14.9 Å². The number of halogens is 1. The van der Waals surface area contributed by atoms with Crippen LogP contribution in [0.1, 0.15) is 10.4 Å². The molecular formula is C12H7ClN2O4. The number of aldehydes is 1. The maximum Gasteiger partial charge on any atom is 0.312 e. The zero-order chi connectivity index (χ0) is 13.8. The third-order valence-electron chi connectivity index (χ3n) is 2.22. The van der Waals surface area contributed by atoms with Crippen LogP contribution in [-0.2, 0) is 0 Å². The first-order valence-corrected chi connectivity index (χ1v) is 5.50. The average Bonchev–Trinajstić information content (AvgIpc) is 2.39. The van der Waals surface area contributed by atoms with E-state index in [1.165, 1.54) is 30.6 Å². The monoisotopic (exact) mass is 278 g/mol. The second-order valence-corrected chi connectivity index (χ2v) is 3.98. The number of carbonyl (C=O) groups is 1. The fraction of sp³-hybridized carbons (Fsp3) is 0. The van der Waals surface area contributed by atoms with E-state index in [0.29, 0.717) is 11.3 Å². The minimum atomic E-state index is -0.625. The predicted molar refractivity (Wildman–Crippen MR) is 67.8 cm³/mol. The highest BCUT2D eigenvalue weighted by atomic mass is 35.5. The van der Waals surface area contributed by atoms with Crippen molar-refractivity contribution in [3.05, 3.63) is 57.4 Å². The van der Waals surface area contributed by atoms with Crippen molar-refractivity contribution in [1.82, 2.24) is 4.98 Å². The first-order valence-electron chi connectivity index (χ1n) is 5.12. The molecule has 0 radical (unpaired) electrons. The minimum Gasteiger partial charge on any atom is -0.448 e. The van der Waals surface area contributed by atoms with Gasteiger partial charge in [0.25, 0.3) is 0 Å². The Labute approximate surface area is 112 Å². The summed E-state index contributed by atoms with van der Waals surface area (Å²) >= 11 is 5.74. The molecule has 0 spiro atoms. The van der Waals surface area contributed by atoms with Crippen LogP contribution in [0.5, 0.6) is 11.5 Å². The zero-order valence-electron chi connectivity index (χ0n) is 9.45. The number of pyridine rings is 1. The molecule has 96 valence electrons. The second-order valence-electron chi connectivity index (χ2n) is 3.54. The van der Waals surface area contributed by atoms with Crippen molar-refractivity contribution in [2.24, 2.45) is 0 Å². The van der Waals surface area contributed by atoms with E-state index in [2.05, 4.69) is 4.98 Å². The SMILES string of the molecule is O=Cc1ccc(Oc2cncc(Cl)c2)c([N+](=O)[O-])c1. The number of nitro benzene ring substituents is 1. The largest absolute Gasteiger partial charge is 0.448 e. The Hall–Kier alpha value is -2.47. The molecule has 0 N–H and O–H groups in total. The average molecular weight is 279 g/mol. The van der Waals surface area contributed by atoms with Crippen molar-refractivity contribution < 1.29 is 14.5 Å². The van der Waals surface area contributed by atoms with Gasteiger partial charge in [0, 0.05) is 23.9 Å². The number of nitrogens with zero attached hydrogens (tertiary/aromatic N) is 2. The van der Waals surface area contributed by atoms with Crippen LogP contribution < -0.4 is 4.74 Å². The smallest absolute Gasteiger partial charge is 0.312 e. The van der Waals surface area contributed by atoms with Gasteiger partial charge >= 0.3 is 5.69 Å². The highest BCUT2D eigenvalue weighted by Crippen LogP contribution is 2.32. The van der Waals surface area contributed by atoms with Gasteiger partial charge in [-0.2, -0.15) is 0 Å². The molecule has 2 rings (SSSR count). The fourth-order valence-corrected chi connectivity index (χ4v) is 1.58. The van der Waals surface area contributed by atoms with Crippen LogP contribution in [0.2, 0.25) is 5.02 Å². The van der Waals surface area contributed by atoms with Crippen LogP contribution in [0, 0.1) is 10.1 Å². The molecule has 19 heavy (non-hydrogen) atoms. The third kappa shape index (κ3) is 3.05.